The fraction of sp³-hybridized carbons (Fsp3) is 0.222. The predicted octanol–water partition coefficient (Wildman–Crippen LogP) is 3.06. The van der Waals surface area contributed by atoms with Gasteiger partial charge in [-0.05, 0) is 43.7 Å². The molecule has 2 aromatic carbocycles. The van der Waals surface area contributed by atoms with E-state index in [4.69, 9.17) is 0 Å². The van der Waals surface area contributed by atoms with Crippen molar-refractivity contribution >= 4 is 17.5 Å². The van der Waals surface area contributed by atoms with Crippen LogP contribution in [0.1, 0.15) is 27.9 Å². The topological polar surface area (TPSA) is 58.2 Å². The highest BCUT2D eigenvalue weighted by Crippen LogP contribution is 2.09. The van der Waals surface area contributed by atoms with Gasteiger partial charge in [0.25, 0.3) is 5.91 Å². The van der Waals surface area contributed by atoms with E-state index in [-0.39, 0.29) is 18.2 Å². The van der Waals surface area contributed by atoms with Crippen molar-refractivity contribution in [2.45, 2.75) is 20.3 Å². The summed E-state index contributed by atoms with van der Waals surface area (Å²) in [6.45, 7) is 4.22. The molecule has 0 unspecified atom stereocenters. The van der Waals surface area contributed by atoms with Gasteiger partial charge in [0.05, 0.1) is 0 Å². The Labute approximate surface area is 130 Å². The van der Waals surface area contributed by atoms with Gasteiger partial charge in [-0.15, -0.1) is 0 Å². The molecule has 4 heteroatoms. The second-order valence-corrected chi connectivity index (χ2v) is 5.29. The second-order valence-electron chi connectivity index (χ2n) is 5.29. The standard InChI is InChI=1S/C18H20N2O2/c1-13-5-3-7-15(11-13)18(22)19-10-9-17(21)20-16-8-4-6-14(2)12-16/h3-8,11-12H,9-10H2,1-2H3,(H,19,22)(H,20,21). The Bertz CT molecular complexity index is 680. The molecule has 0 spiro atoms. The van der Waals surface area contributed by atoms with Crippen LogP contribution in [-0.4, -0.2) is 18.4 Å². The Kier molecular flexibility index (Phi) is 5.31. The van der Waals surface area contributed by atoms with Gasteiger partial charge >= 0.3 is 0 Å². The molecule has 0 saturated heterocycles. The van der Waals surface area contributed by atoms with Gasteiger partial charge in [-0.25, -0.2) is 0 Å². The fourth-order valence-corrected chi connectivity index (χ4v) is 2.12. The molecule has 0 aliphatic carbocycles. The number of rotatable bonds is 5. The Hall–Kier alpha value is -2.62. The zero-order chi connectivity index (χ0) is 15.9. The molecule has 0 aliphatic heterocycles. The van der Waals surface area contributed by atoms with Crippen molar-refractivity contribution < 1.29 is 9.59 Å². The minimum atomic E-state index is -0.160. The maximum Gasteiger partial charge on any atom is 0.251 e. The summed E-state index contributed by atoms with van der Waals surface area (Å²) in [4.78, 5) is 23.8. The summed E-state index contributed by atoms with van der Waals surface area (Å²) in [6.07, 6.45) is 0.242. The maximum atomic E-state index is 11.9. The largest absolute Gasteiger partial charge is 0.352 e. The minimum absolute atomic E-state index is 0.116. The van der Waals surface area contributed by atoms with E-state index in [2.05, 4.69) is 10.6 Å². The summed E-state index contributed by atoms with van der Waals surface area (Å²) >= 11 is 0. The predicted molar refractivity (Wildman–Crippen MR) is 87.9 cm³/mol. The number of nitrogens with one attached hydrogen (secondary N) is 2. The van der Waals surface area contributed by atoms with Crippen molar-refractivity contribution in [3.05, 3.63) is 65.2 Å². The van der Waals surface area contributed by atoms with E-state index in [1.165, 1.54) is 0 Å². The lowest BCUT2D eigenvalue weighted by atomic mass is 10.1. The number of anilines is 1. The number of amides is 2. The van der Waals surface area contributed by atoms with Gasteiger partial charge < -0.3 is 10.6 Å². The highest BCUT2D eigenvalue weighted by atomic mass is 16.2. The molecule has 0 bridgehead atoms. The molecule has 2 amide bonds. The van der Waals surface area contributed by atoms with Crippen LogP contribution in [0.15, 0.2) is 48.5 Å². The van der Waals surface area contributed by atoms with Crippen LogP contribution in [0, 0.1) is 13.8 Å². The van der Waals surface area contributed by atoms with Crippen molar-refractivity contribution in [2.24, 2.45) is 0 Å². The number of carbonyl (C=O) groups is 2. The summed E-state index contributed by atoms with van der Waals surface area (Å²) < 4.78 is 0. The molecule has 0 fully saturated rings. The molecule has 114 valence electrons. The molecule has 2 N–H and O–H groups in total. The zero-order valence-electron chi connectivity index (χ0n) is 12.8. The highest BCUT2D eigenvalue weighted by Gasteiger charge is 2.07. The molecule has 0 saturated carbocycles. The lowest BCUT2D eigenvalue weighted by Gasteiger charge is -2.07. The summed E-state index contributed by atoms with van der Waals surface area (Å²) in [6, 6.07) is 15.0. The third kappa shape index (κ3) is 4.74. The molecule has 0 aliphatic rings. The first-order valence-electron chi connectivity index (χ1n) is 7.26. The first kappa shape index (κ1) is 15.8. The Balaban J connectivity index is 1.78. The van der Waals surface area contributed by atoms with E-state index < -0.39 is 0 Å². The quantitative estimate of drug-likeness (QED) is 0.891. The third-order valence-electron chi connectivity index (χ3n) is 3.22. The molecule has 0 aromatic heterocycles. The second kappa shape index (κ2) is 7.41. The summed E-state index contributed by atoms with van der Waals surface area (Å²) in [5, 5.41) is 5.57. The SMILES string of the molecule is Cc1cccc(NC(=O)CCNC(=O)c2cccc(C)c2)c1. The normalized spacial score (nSPS) is 10.1. The molecule has 22 heavy (non-hydrogen) atoms. The summed E-state index contributed by atoms with van der Waals surface area (Å²) in [5.41, 5.74) is 3.50. The van der Waals surface area contributed by atoms with Crippen LogP contribution in [0.2, 0.25) is 0 Å². The first-order chi connectivity index (χ1) is 10.5. The number of benzene rings is 2. The summed E-state index contributed by atoms with van der Waals surface area (Å²) in [5.74, 6) is -0.276. The molecule has 0 atom stereocenters. The number of hydrogen-bond donors (Lipinski definition) is 2. The van der Waals surface area contributed by atoms with Gasteiger partial charge in [0, 0.05) is 24.2 Å². The molecule has 0 radical (unpaired) electrons. The van der Waals surface area contributed by atoms with E-state index in [9.17, 15) is 9.59 Å². The smallest absolute Gasteiger partial charge is 0.251 e. The molecule has 2 rings (SSSR count). The first-order valence-corrected chi connectivity index (χ1v) is 7.26. The Morgan fingerprint density at radius 1 is 0.955 bits per heavy atom. The van der Waals surface area contributed by atoms with Crippen molar-refractivity contribution in [1.29, 1.82) is 0 Å². The van der Waals surface area contributed by atoms with E-state index in [1.54, 1.807) is 6.07 Å². The Morgan fingerprint density at radius 3 is 2.32 bits per heavy atom. The Morgan fingerprint density at radius 2 is 1.64 bits per heavy atom. The van der Waals surface area contributed by atoms with Crippen molar-refractivity contribution in [2.75, 3.05) is 11.9 Å². The molecular formula is C18H20N2O2. The number of carbonyl (C=O) groups excluding carboxylic acids is 2. The highest BCUT2D eigenvalue weighted by molar-refractivity contribution is 5.95. The number of hydrogen-bond acceptors (Lipinski definition) is 2. The third-order valence-corrected chi connectivity index (χ3v) is 3.22. The number of aryl methyl sites for hydroxylation is 2. The summed E-state index contributed by atoms with van der Waals surface area (Å²) in [7, 11) is 0. The van der Waals surface area contributed by atoms with Crippen LogP contribution in [0.3, 0.4) is 0 Å². The van der Waals surface area contributed by atoms with E-state index in [1.807, 2.05) is 56.3 Å². The monoisotopic (exact) mass is 296 g/mol. The maximum absolute atomic E-state index is 11.9. The molecule has 0 heterocycles. The average Bonchev–Trinajstić information content (AvgIpc) is 2.47. The van der Waals surface area contributed by atoms with Gasteiger partial charge in [0.15, 0.2) is 0 Å². The van der Waals surface area contributed by atoms with Crippen LogP contribution in [0.4, 0.5) is 5.69 Å². The van der Waals surface area contributed by atoms with E-state index in [0.29, 0.717) is 12.1 Å². The van der Waals surface area contributed by atoms with Crippen LogP contribution in [0.5, 0.6) is 0 Å². The van der Waals surface area contributed by atoms with Crippen molar-refractivity contribution in [3.8, 4) is 0 Å². The van der Waals surface area contributed by atoms with Gasteiger partial charge in [0.1, 0.15) is 0 Å². The van der Waals surface area contributed by atoms with Crippen LogP contribution >= 0.6 is 0 Å². The van der Waals surface area contributed by atoms with Crippen molar-refractivity contribution in [3.63, 3.8) is 0 Å². The van der Waals surface area contributed by atoms with Crippen molar-refractivity contribution in [1.82, 2.24) is 5.32 Å². The van der Waals surface area contributed by atoms with Gasteiger partial charge in [-0.2, -0.15) is 0 Å². The van der Waals surface area contributed by atoms with Crippen LogP contribution in [0.25, 0.3) is 0 Å². The molecular weight excluding hydrogens is 276 g/mol. The van der Waals surface area contributed by atoms with E-state index in [0.717, 1.165) is 16.8 Å². The van der Waals surface area contributed by atoms with Gasteiger partial charge in [-0.3, -0.25) is 9.59 Å². The zero-order valence-corrected chi connectivity index (χ0v) is 12.8. The minimum Gasteiger partial charge on any atom is -0.352 e. The fourth-order valence-electron chi connectivity index (χ4n) is 2.12. The molecule has 2 aromatic rings. The lowest BCUT2D eigenvalue weighted by Crippen LogP contribution is -2.27. The lowest BCUT2D eigenvalue weighted by molar-refractivity contribution is -0.116. The van der Waals surface area contributed by atoms with Crippen LogP contribution < -0.4 is 10.6 Å². The molecule has 4 nitrogen and oxygen atoms in total. The van der Waals surface area contributed by atoms with Gasteiger partial charge in [-0.1, -0.05) is 29.8 Å². The van der Waals surface area contributed by atoms with Crippen LogP contribution in [-0.2, 0) is 4.79 Å². The average molecular weight is 296 g/mol. The van der Waals surface area contributed by atoms with E-state index >= 15 is 0 Å². The van der Waals surface area contributed by atoms with Gasteiger partial charge in [0.2, 0.25) is 5.91 Å².